The molecule has 0 spiro atoms. The zero-order valence-electron chi connectivity index (χ0n) is 12.6. The summed E-state index contributed by atoms with van der Waals surface area (Å²) in [5.74, 6) is 0.469. The fourth-order valence-corrected chi connectivity index (χ4v) is 2.51. The molecule has 1 aliphatic carbocycles. The van der Waals surface area contributed by atoms with E-state index in [9.17, 15) is 9.59 Å². The predicted molar refractivity (Wildman–Crippen MR) is 82.8 cm³/mol. The maximum absolute atomic E-state index is 12.2. The summed E-state index contributed by atoms with van der Waals surface area (Å²) in [6, 6.07) is 7.35. The molecule has 1 aromatic rings. The van der Waals surface area contributed by atoms with Crippen LogP contribution < -0.4 is 5.32 Å². The second-order valence-corrected chi connectivity index (χ2v) is 5.50. The van der Waals surface area contributed by atoms with Gasteiger partial charge in [0, 0.05) is 32.6 Å². The van der Waals surface area contributed by atoms with Gasteiger partial charge in [-0.05, 0) is 36.5 Å². The maximum Gasteiger partial charge on any atom is 0.251 e. The highest BCUT2D eigenvalue weighted by molar-refractivity contribution is 5.93. The molecular weight excluding hydrogens is 264 g/mol. The molecule has 1 N–H and O–H groups in total. The fourth-order valence-electron chi connectivity index (χ4n) is 2.51. The van der Waals surface area contributed by atoms with Gasteiger partial charge in [0.15, 0.2) is 0 Å². The first-order valence-electron chi connectivity index (χ1n) is 7.32. The lowest BCUT2D eigenvalue weighted by Crippen LogP contribution is -2.27. The van der Waals surface area contributed by atoms with E-state index in [1.54, 1.807) is 24.1 Å². The number of rotatable bonds is 5. The highest BCUT2D eigenvalue weighted by atomic mass is 16.2. The van der Waals surface area contributed by atoms with Crippen LogP contribution in [0.3, 0.4) is 0 Å². The van der Waals surface area contributed by atoms with Crippen molar-refractivity contribution in [1.82, 2.24) is 10.2 Å². The summed E-state index contributed by atoms with van der Waals surface area (Å²) < 4.78 is 0. The minimum atomic E-state index is -0.0981. The van der Waals surface area contributed by atoms with E-state index in [1.165, 1.54) is 0 Å². The number of carbonyl (C=O) groups excluding carboxylic acids is 2. The summed E-state index contributed by atoms with van der Waals surface area (Å²) in [6.07, 6.45) is 7.05. The molecule has 0 heterocycles. The minimum Gasteiger partial charge on any atom is -0.355 e. The third-order valence-electron chi connectivity index (χ3n) is 3.84. The molecule has 0 fully saturated rings. The van der Waals surface area contributed by atoms with E-state index in [-0.39, 0.29) is 11.8 Å². The minimum absolute atomic E-state index is 0.0981. The van der Waals surface area contributed by atoms with Crippen molar-refractivity contribution in [1.29, 1.82) is 0 Å². The largest absolute Gasteiger partial charge is 0.355 e. The van der Waals surface area contributed by atoms with Crippen LogP contribution >= 0.6 is 0 Å². The van der Waals surface area contributed by atoms with Crippen LogP contribution in [0.25, 0.3) is 0 Å². The van der Waals surface area contributed by atoms with Crippen molar-refractivity contribution in [2.75, 3.05) is 14.1 Å². The Labute approximate surface area is 125 Å². The van der Waals surface area contributed by atoms with Crippen LogP contribution in [0, 0.1) is 5.92 Å². The van der Waals surface area contributed by atoms with Gasteiger partial charge in [0.25, 0.3) is 5.91 Å². The van der Waals surface area contributed by atoms with Gasteiger partial charge in [0.2, 0.25) is 5.91 Å². The first-order valence-corrected chi connectivity index (χ1v) is 7.32. The number of allylic oxidation sites excluding steroid dienone is 2. The Balaban J connectivity index is 1.89. The smallest absolute Gasteiger partial charge is 0.251 e. The van der Waals surface area contributed by atoms with Gasteiger partial charge in [-0.1, -0.05) is 24.3 Å². The highest BCUT2D eigenvalue weighted by Crippen LogP contribution is 2.21. The Morgan fingerprint density at radius 1 is 1.29 bits per heavy atom. The van der Waals surface area contributed by atoms with Gasteiger partial charge in [0.1, 0.15) is 0 Å². The van der Waals surface area contributed by atoms with Crippen molar-refractivity contribution in [2.45, 2.75) is 25.8 Å². The number of benzene rings is 1. The SMILES string of the molecule is CNC(=O)c1ccc(CN(C)C(=O)C[C@H]2C=CCC2)cc1. The molecule has 0 saturated heterocycles. The zero-order valence-corrected chi connectivity index (χ0v) is 12.6. The Morgan fingerprint density at radius 3 is 2.57 bits per heavy atom. The summed E-state index contributed by atoms with van der Waals surface area (Å²) in [5.41, 5.74) is 1.66. The number of hydrogen-bond acceptors (Lipinski definition) is 2. The summed E-state index contributed by atoms with van der Waals surface area (Å²) in [6.45, 7) is 0.573. The van der Waals surface area contributed by atoms with Crippen LogP contribution in [0.2, 0.25) is 0 Å². The Bertz CT molecular complexity index is 534. The topological polar surface area (TPSA) is 49.4 Å². The number of nitrogens with one attached hydrogen (secondary N) is 1. The third kappa shape index (κ3) is 4.18. The summed E-state index contributed by atoms with van der Waals surface area (Å²) in [4.78, 5) is 25.4. The van der Waals surface area contributed by atoms with Crippen LogP contribution in [0.15, 0.2) is 36.4 Å². The van der Waals surface area contributed by atoms with Gasteiger partial charge >= 0.3 is 0 Å². The van der Waals surface area contributed by atoms with E-state index in [4.69, 9.17) is 0 Å². The second kappa shape index (κ2) is 7.07. The Kier molecular flexibility index (Phi) is 5.14. The van der Waals surface area contributed by atoms with Crippen molar-refractivity contribution in [3.05, 3.63) is 47.5 Å². The van der Waals surface area contributed by atoms with Gasteiger partial charge in [-0.2, -0.15) is 0 Å². The first kappa shape index (κ1) is 15.3. The molecule has 2 rings (SSSR count). The summed E-state index contributed by atoms with van der Waals surface area (Å²) >= 11 is 0. The van der Waals surface area contributed by atoms with Gasteiger partial charge in [-0.3, -0.25) is 9.59 Å². The Hall–Kier alpha value is -2.10. The molecule has 1 atom stereocenters. The van der Waals surface area contributed by atoms with Crippen molar-refractivity contribution in [2.24, 2.45) is 5.92 Å². The van der Waals surface area contributed by atoms with Crippen LogP contribution in [-0.4, -0.2) is 30.8 Å². The predicted octanol–water partition coefficient (Wildman–Crippen LogP) is 2.36. The standard InChI is InChI=1S/C17H22N2O2/c1-18-17(21)15-9-7-14(8-10-15)12-19(2)16(20)11-13-5-3-4-6-13/h3,5,7-10,13H,4,6,11-12H2,1-2H3,(H,18,21)/t13-/m0/s1. The van der Waals surface area contributed by atoms with E-state index >= 15 is 0 Å². The lowest BCUT2D eigenvalue weighted by molar-refractivity contribution is -0.131. The molecule has 2 amide bonds. The van der Waals surface area contributed by atoms with E-state index in [0.717, 1.165) is 18.4 Å². The number of hydrogen-bond donors (Lipinski definition) is 1. The van der Waals surface area contributed by atoms with Crippen LogP contribution in [0.1, 0.15) is 35.2 Å². The summed E-state index contributed by atoms with van der Waals surface area (Å²) in [7, 11) is 3.44. The van der Waals surface area contributed by atoms with Crippen LogP contribution in [-0.2, 0) is 11.3 Å². The average Bonchev–Trinajstić information content (AvgIpc) is 3.00. The number of carbonyl (C=O) groups is 2. The average molecular weight is 286 g/mol. The fraction of sp³-hybridized carbons (Fsp3) is 0.412. The van der Waals surface area contributed by atoms with Gasteiger partial charge in [-0.15, -0.1) is 0 Å². The van der Waals surface area contributed by atoms with Crippen molar-refractivity contribution < 1.29 is 9.59 Å². The van der Waals surface area contributed by atoms with E-state index in [0.29, 0.717) is 24.4 Å². The van der Waals surface area contributed by atoms with Crippen LogP contribution in [0.4, 0.5) is 0 Å². The molecule has 0 radical (unpaired) electrons. The summed E-state index contributed by atoms with van der Waals surface area (Å²) in [5, 5.41) is 2.59. The third-order valence-corrected chi connectivity index (χ3v) is 3.84. The van der Waals surface area contributed by atoms with Crippen LogP contribution in [0.5, 0.6) is 0 Å². The van der Waals surface area contributed by atoms with Crippen molar-refractivity contribution in [3.8, 4) is 0 Å². The van der Waals surface area contributed by atoms with Gasteiger partial charge < -0.3 is 10.2 Å². The van der Waals surface area contributed by atoms with Crippen molar-refractivity contribution >= 4 is 11.8 Å². The second-order valence-electron chi connectivity index (χ2n) is 5.50. The van der Waals surface area contributed by atoms with E-state index in [1.807, 2.05) is 19.2 Å². The molecule has 0 unspecified atom stereocenters. The molecule has 4 heteroatoms. The van der Waals surface area contributed by atoms with E-state index in [2.05, 4.69) is 17.5 Å². The zero-order chi connectivity index (χ0) is 15.2. The van der Waals surface area contributed by atoms with Crippen molar-refractivity contribution in [3.63, 3.8) is 0 Å². The number of nitrogens with zero attached hydrogens (tertiary/aromatic N) is 1. The molecule has 0 aromatic heterocycles. The van der Waals surface area contributed by atoms with Gasteiger partial charge in [-0.25, -0.2) is 0 Å². The number of amides is 2. The lowest BCUT2D eigenvalue weighted by atomic mass is 10.0. The quantitative estimate of drug-likeness (QED) is 0.845. The van der Waals surface area contributed by atoms with E-state index < -0.39 is 0 Å². The monoisotopic (exact) mass is 286 g/mol. The van der Waals surface area contributed by atoms with Gasteiger partial charge in [0.05, 0.1) is 0 Å². The maximum atomic E-state index is 12.2. The lowest BCUT2D eigenvalue weighted by Gasteiger charge is -2.19. The first-order chi connectivity index (χ1) is 10.1. The Morgan fingerprint density at radius 2 is 2.00 bits per heavy atom. The molecule has 0 saturated carbocycles. The molecule has 1 aromatic carbocycles. The molecule has 21 heavy (non-hydrogen) atoms. The molecule has 1 aliphatic rings. The molecule has 0 bridgehead atoms. The normalized spacial score (nSPS) is 16.8. The molecule has 4 nitrogen and oxygen atoms in total. The molecular formula is C17H22N2O2. The molecule has 0 aliphatic heterocycles. The molecule has 112 valence electrons. The highest BCUT2D eigenvalue weighted by Gasteiger charge is 2.17.